The van der Waals surface area contributed by atoms with E-state index in [2.05, 4.69) is 14.6 Å². The van der Waals surface area contributed by atoms with Crippen molar-refractivity contribution in [3.63, 3.8) is 0 Å². The van der Waals surface area contributed by atoms with Gasteiger partial charge in [-0.1, -0.05) is 0 Å². The first-order chi connectivity index (χ1) is 8.95. The third-order valence-electron chi connectivity index (χ3n) is 2.45. The largest absolute Gasteiger partial charge is 0.469 e. The first kappa shape index (κ1) is 15.6. The fourth-order valence-electron chi connectivity index (χ4n) is 1.30. The highest BCUT2D eigenvalue weighted by Gasteiger charge is 2.17. The van der Waals surface area contributed by atoms with Crippen LogP contribution in [0.5, 0.6) is 0 Å². The molecule has 1 aromatic heterocycles. The minimum Gasteiger partial charge on any atom is -0.469 e. The van der Waals surface area contributed by atoms with Crippen molar-refractivity contribution in [2.45, 2.75) is 13.0 Å². The number of hydrogen-bond donors (Lipinski definition) is 1. The third-order valence-corrected chi connectivity index (χ3v) is 4.03. The number of methoxy groups -OCH3 is 1. The molecule has 0 unspecified atom stereocenters. The first-order valence-corrected chi connectivity index (χ1v) is 7.15. The molecule has 0 bridgehead atoms. The van der Waals surface area contributed by atoms with Crippen LogP contribution in [-0.2, 0) is 26.3 Å². The Hall–Kier alpha value is -1.45. The van der Waals surface area contributed by atoms with Crippen molar-refractivity contribution in [2.75, 3.05) is 27.2 Å². The van der Waals surface area contributed by atoms with Crippen LogP contribution in [0, 0.1) is 0 Å². The van der Waals surface area contributed by atoms with Crippen LogP contribution >= 0.6 is 0 Å². The summed E-state index contributed by atoms with van der Waals surface area (Å²) in [7, 11) is -0.918. The maximum absolute atomic E-state index is 11.8. The molecule has 0 atom stereocenters. The van der Waals surface area contributed by atoms with Gasteiger partial charge < -0.3 is 4.74 Å². The number of esters is 1. The number of carbonyl (C=O) groups is 1. The molecule has 0 spiro atoms. The van der Waals surface area contributed by atoms with E-state index in [1.165, 1.54) is 14.2 Å². The highest BCUT2D eigenvalue weighted by atomic mass is 32.2. The molecule has 0 amide bonds. The van der Waals surface area contributed by atoms with E-state index in [1.54, 1.807) is 23.1 Å². The van der Waals surface area contributed by atoms with Gasteiger partial charge in [0.25, 0.3) is 10.2 Å². The lowest BCUT2D eigenvalue weighted by atomic mass is 10.4. The van der Waals surface area contributed by atoms with Crippen molar-refractivity contribution in [3.8, 4) is 0 Å². The Labute approximate surface area is 112 Å². The van der Waals surface area contributed by atoms with E-state index in [9.17, 15) is 13.2 Å². The molecule has 1 aromatic rings. The summed E-state index contributed by atoms with van der Waals surface area (Å²) in [5, 5.41) is 3.96. The Morgan fingerprint density at radius 3 is 2.84 bits per heavy atom. The van der Waals surface area contributed by atoms with Gasteiger partial charge in [-0.3, -0.25) is 9.48 Å². The molecule has 1 rings (SSSR count). The molecule has 1 N–H and O–H groups in total. The van der Waals surface area contributed by atoms with Crippen LogP contribution in [0.2, 0.25) is 0 Å². The van der Waals surface area contributed by atoms with E-state index >= 15 is 0 Å². The SMILES string of the molecule is COC(=O)CCN(C)S(=O)(=O)NCCn1cccn1. The molecule has 1 heterocycles. The maximum Gasteiger partial charge on any atom is 0.306 e. The highest BCUT2D eigenvalue weighted by Crippen LogP contribution is 1.97. The molecule has 19 heavy (non-hydrogen) atoms. The molecular weight excluding hydrogens is 272 g/mol. The molecule has 0 aliphatic carbocycles. The predicted octanol–water partition coefficient (Wildman–Crippen LogP) is -0.788. The Kier molecular flexibility index (Phi) is 5.93. The van der Waals surface area contributed by atoms with Crippen molar-refractivity contribution in [1.29, 1.82) is 0 Å². The molecule has 0 fully saturated rings. The van der Waals surface area contributed by atoms with Crippen LogP contribution in [0.25, 0.3) is 0 Å². The molecule has 0 aliphatic heterocycles. The van der Waals surface area contributed by atoms with E-state index in [0.717, 1.165) is 4.31 Å². The van der Waals surface area contributed by atoms with E-state index in [-0.39, 0.29) is 19.5 Å². The summed E-state index contributed by atoms with van der Waals surface area (Å²) in [6, 6.07) is 1.76. The predicted molar refractivity (Wildman–Crippen MR) is 68.4 cm³/mol. The van der Waals surface area contributed by atoms with Crippen molar-refractivity contribution < 1.29 is 17.9 Å². The minimum atomic E-state index is -3.58. The van der Waals surface area contributed by atoms with Gasteiger partial charge in [0.2, 0.25) is 0 Å². The lowest BCUT2D eigenvalue weighted by Crippen LogP contribution is -2.40. The molecule has 8 nitrogen and oxygen atoms in total. The van der Waals surface area contributed by atoms with Gasteiger partial charge in [0, 0.05) is 32.5 Å². The smallest absolute Gasteiger partial charge is 0.306 e. The summed E-state index contributed by atoms with van der Waals surface area (Å²) in [5.41, 5.74) is 0. The zero-order valence-electron chi connectivity index (χ0n) is 10.9. The highest BCUT2D eigenvalue weighted by molar-refractivity contribution is 7.87. The second-order valence-corrected chi connectivity index (χ2v) is 5.68. The van der Waals surface area contributed by atoms with Gasteiger partial charge in [-0.2, -0.15) is 17.8 Å². The number of hydrogen-bond acceptors (Lipinski definition) is 5. The number of nitrogens with zero attached hydrogens (tertiary/aromatic N) is 3. The molecular formula is C10H18N4O4S. The molecule has 0 saturated heterocycles. The lowest BCUT2D eigenvalue weighted by Gasteiger charge is -2.17. The van der Waals surface area contributed by atoms with Gasteiger partial charge in [0.05, 0.1) is 20.1 Å². The number of carbonyl (C=O) groups excluding carboxylic acids is 1. The summed E-state index contributed by atoms with van der Waals surface area (Å²) in [6.45, 7) is 0.743. The van der Waals surface area contributed by atoms with E-state index in [0.29, 0.717) is 6.54 Å². The van der Waals surface area contributed by atoms with Crippen molar-refractivity contribution in [3.05, 3.63) is 18.5 Å². The van der Waals surface area contributed by atoms with Gasteiger partial charge in [-0.25, -0.2) is 4.72 Å². The number of nitrogens with one attached hydrogen (secondary N) is 1. The Morgan fingerprint density at radius 1 is 1.53 bits per heavy atom. The fraction of sp³-hybridized carbons (Fsp3) is 0.600. The van der Waals surface area contributed by atoms with E-state index < -0.39 is 16.2 Å². The lowest BCUT2D eigenvalue weighted by molar-refractivity contribution is -0.140. The molecule has 0 saturated carbocycles. The van der Waals surface area contributed by atoms with Crippen LogP contribution in [-0.4, -0.2) is 55.7 Å². The van der Waals surface area contributed by atoms with Crippen molar-refractivity contribution in [1.82, 2.24) is 18.8 Å². The summed E-state index contributed by atoms with van der Waals surface area (Å²) in [4.78, 5) is 10.9. The average Bonchev–Trinajstić information content (AvgIpc) is 2.88. The molecule has 108 valence electrons. The third kappa shape index (κ3) is 5.37. The number of rotatable bonds is 8. The zero-order chi connectivity index (χ0) is 14.3. The minimum absolute atomic E-state index is 0.0209. The van der Waals surface area contributed by atoms with Crippen molar-refractivity contribution in [2.24, 2.45) is 0 Å². The second-order valence-electron chi connectivity index (χ2n) is 3.82. The van der Waals surface area contributed by atoms with Gasteiger partial charge in [-0.15, -0.1) is 0 Å². The molecule has 0 aromatic carbocycles. The summed E-state index contributed by atoms with van der Waals surface area (Å²) < 4.78 is 33.2. The monoisotopic (exact) mass is 290 g/mol. The topological polar surface area (TPSA) is 93.5 Å². The Bertz CT molecular complexity index is 486. The van der Waals surface area contributed by atoms with Crippen LogP contribution in [0.3, 0.4) is 0 Å². The van der Waals surface area contributed by atoms with E-state index in [1.807, 2.05) is 0 Å². The first-order valence-electron chi connectivity index (χ1n) is 5.71. The Morgan fingerprint density at radius 2 is 2.26 bits per heavy atom. The van der Waals surface area contributed by atoms with Crippen LogP contribution in [0.15, 0.2) is 18.5 Å². The summed E-state index contributed by atoms with van der Waals surface area (Å²) in [6.07, 6.45) is 3.39. The van der Waals surface area contributed by atoms with Crippen LogP contribution in [0.4, 0.5) is 0 Å². The summed E-state index contributed by atoms with van der Waals surface area (Å²) in [5.74, 6) is -0.446. The second kappa shape index (κ2) is 7.22. The van der Waals surface area contributed by atoms with Gasteiger partial charge >= 0.3 is 5.97 Å². The van der Waals surface area contributed by atoms with E-state index in [4.69, 9.17) is 0 Å². The Balaban J connectivity index is 2.35. The molecule has 0 radical (unpaired) electrons. The average molecular weight is 290 g/mol. The quantitative estimate of drug-likeness (QED) is 0.633. The number of ether oxygens (including phenoxy) is 1. The van der Waals surface area contributed by atoms with Gasteiger partial charge in [0.15, 0.2) is 0 Å². The van der Waals surface area contributed by atoms with Crippen LogP contribution in [0.1, 0.15) is 6.42 Å². The van der Waals surface area contributed by atoms with Gasteiger partial charge in [-0.05, 0) is 6.07 Å². The number of aromatic nitrogens is 2. The normalized spacial score (nSPS) is 11.7. The molecule has 9 heteroatoms. The van der Waals surface area contributed by atoms with Gasteiger partial charge in [0.1, 0.15) is 0 Å². The molecule has 0 aliphatic rings. The summed E-state index contributed by atoms with van der Waals surface area (Å²) >= 11 is 0. The van der Waals surface area contributed by atoms with Crippen molar-refractivity contribution >= 4 is 16.2 Å². The van der Waals surface area contributed by atoms with Crippen LogP contribution < -0.4 is 4.72 Å². The fourth-order valence-corrected chi connectivity index (χ4v) is 2.20. The maximum atomic E-state index is 11.8. The standard InChI is InChI=1S/C10H18N4O4S/c1-13(8-4-10(15)18-2)19(16,17)12-6-9-14-7-3-5-11-14/h3,5,7,12H,4,6,8-9H2,1-2H3. The zero-order valence-corrected chi connectivity index (χ0v) is 11.8.